The molecule has 0 radical (unpaired) electrons. The lowest BCUT2D eigenvalue weighted by molar-refractivity contribution is 0.0992. The van der Waals surface area contributed by atoms with Gasteiger partial charge in [-0.3, -0.25) is 9.48 Å². The van der Waals surface area contributed by atoms with Gasteiger partial charge in [-0.15, -0.1) is 0 Å². The molecule has 0 fully saturated rings. The van der Waals surface area contributed by atoms with Gasteiger partial charge in [0.25, 0.3) is 5.91 Å². The Morgan fingerprint density at radius 3 is 2.52 bits per heavy atom. The maximum atomic E-state index is 13.3. The molecule has 0 bridgehead atoms. The van der Waals surface area contributed by atoms with Crippen LogP contribution in [0, 0.1) is 18.6 Å². The smallest absolute Gasteiger partial charge is 0.292 e. The van der Waals surface area contributed by atoms with E-state index in [9.17, 15) is 13.6 Å². The van der Waals surface area contributed by atoms with E-state index in [1.54, 1.807) is 22.9 Å². The van der Waals surface area contributed by atoms with Gasteiger partial charge in [0.15, 0.2) is 11.6 Å². The van der Waals surface area contributed by atoms with Crippen LogP contribution in [0.15, 0.2) is 59.0 Å². The van der Waals surface area contributed by atoms with Crippen LogP contribution in [0.2, 0.25) is 10.0 Å². The predicted molar refractivity (Wildman–Crippen MR) is 120 cm³/mol. The number of halogens is 4. The fraction of sp³-hybridized carbons (Fsp3) is 0.130. The van der Waals surface area contributed by atoms with Gasteiger partial charge in [0.2, 0.25) is 0 Å². The summed E-state index contributed by atoms with van der Waals surface area (Å²) in [7, 11) is 0. The largest absolute Gasteiger partial charge is 0.484 e. The first-order chi connectivity index (χ1) is 15.8. The van der Waals surface area contributed by atoms with Gasteiger partial charge in [0.05, 0.1) is 11.6 Å². The Labute approximate surface area is 197 Å². The van der Waals surface area contributed by atoms with Gasteiger partial charge in [-0.1, -0.05) is 29.3 Å². The number of amides is 1. The number of nitrogens with one attached hydrogen (secondary N) is 1. The molecular formula is C23H17Cl2F2N3O3. The van der Waals surface area contributed by atoms with Gasteiger partial charge >= 0.3 is 0 Å². The van der Waals surface area contributed by atoms with Gasteiger partial charge in [-0.25, -0.2) is 8.78 Å². The zero-order valence-corrected chi connectivity index (χ0v) is 18.8. The van der Waals surface area contributed by atoms with E-state index in [1.165, 1.54) is 30.3 Å². The topological polar surface area (TPSA) is 69.3 Å². The highest BCUT2D eigenvalue weighted by Gasteiger charge is 2.15. The van der Waals surface area contributed by atoms with Crippen LogP contribution in [0.5, 0.6) is 5.75 Å². The van der Waals surface area contributed by atoms with E-state index in [0.29, 0.717) is 34.5 Å². The standard InChI is InChI=1S/C23H17Cl2F2N3O3/c1-13-8-22(29-30(13)11-14-2-3-15(26)9-18(14)24)28-23(31)21-7-5-17(33-21)12-32-20-6-4-16(27)10-19(20)25/h2-10H,11-12H2,1H3,(H,28,29,31). The van der Waals surface area contributed by atoms with Gasteiger partial charge in [0.1, 0.15) is 29.8 Å². The summed E-state index contributed by atoms with van der Waals surface area (Å²) >= 11 is 12.0. The summed E-state index contributed by atoms with van der Waals surface area (Å²) < 4.78 is 39.0. The molecule has 2 heterocycles. The second-order valence-electron chi connectivity index (χ2n) is 7.15. The first-order valence-corrected chi connectivity index (χ1v) is 10.5. The van der Waals surface area contributed by atoms with Crippen molar-refractivity contribution in [2.45, 2.75) is 20.1 Å². The molecule has 1 N–H and O–H groups in total. The van der Waals surface area contributed by atoms with Crippen LogP contribution in [-0.2, 0) is 13.2 Å². The minimum Gasteiger partial charge on any atom is -0.484 e. The molecular weight excluding hydrogens is 475 g/mol. The van der Waals surface area contributed by atoms with Gasteiger partial charge in [0, 0.05) is 16.8 Å². The Bertz CT molecular complexity index is 1320. The fourth-order valence-electron chi connectivity index (χ4n) is 3.04. The van der Waals surface area contributed by atoms with E-state index in [4.69, 9.17) is 32.4 Å². The maximum absolute atomic E-state index is 13.3. The molecule has 10 heteroatoms. The van der Waals surface area contributed by atoms with Crippen molar-refractivity contribution in [3.05, 3.63) is 99.1 Å². The normalized spacial score (nSPS) is 10.9. The SMILES string of the molecule is Cc1cc(NC(=O)c2ccc(COc3ccc(F)cc3Cl)o2)nn1Cc1ccc(F)cc1Cl. The van der Waals surface area contributed by atoms with Gasteiger partial charge in [-0.2, -0.15) is 5.10 Å². The van der Waals surface area contributed by atoms with Crippen molar-refractivity contribution in [3.63, 3.8) is 0 Å². The molecule has 0 spiro atoms. The fourth-order valence-corrected chi connectivity index (χ4v) is 3.49. The third-order valence-electron chi connectivity index (χ3n) is 4.71. The van der Waals surface area contributed by atoms with E-state index >= 15 is 0 Å². The molecule has 33 heavy (non-hydrogen) atoms. The lowest BCUT2D eigenvalue weighted by Crippen LogP contribution is -2.12. The minimum absolute atomic E-state index is 0.00476. The van der Waals surface area contributed by atoms with Crippen LogP contribution in [-0.4, -0.2) is 15.7 Å². The molecule has 4 rings (SSSR count). The van der Waals surface area contributed by atoms with E-state index < -0.39 is 17.5 Å². The molecule has 0 saturated carbocycles. The summed E-state index contributed by atoms with van der Waals surface area (Å²) in [4.78, 5) is 12.5. The van der Waals surface area contributed by atoms with Crippen LogP contribution in [0.3, 0.4) is 0 Å². The molecule has 0 unspecified atom stereocenters. The molecule has 0 aliphatic rings. The molecule has 2 aromatic carbocycles. The summed E-state index contributed by atoms with van der Waals surface area (Å²) in [6.45, 7) is 2.14. The van der Waals surface area contributed by atoms with Crippen molar-refractivity contribution >= 4 is 34.9 Å². The number of furan rings is 1. The summed E-state index contributed by atoms with van der Waals surface area (Å²) in [6.07, 6.45) is 0. The summed E-state index contributed by atoms with van der Waals surface area (Å²) in [5, 5.41) is 7.45. The molecule has 0 saturated heterocycles. The highest BCUT2D eigenvalue weighted by atomic mass is 35.5. The third-order valence-corrected chi connectivity index (χ3v) is 5.35. The first-order valence-electron chi connectivity index (χ1n) is 9.75. The molecule has 0 aliphatic heterocycles. The van der Waals surface area contributed by atoms with E-state index in [2.05, 4.69) is 10.4 Å². The number of ether oxygens (including phenoxy) is 1. The summed E-state index contributed by atoms with van der Waals surface area (Å²) in [5.74, 6) is -0.322. The lowest BCUT2D eigenvalue weighted by Gasteiger charge is -2.07. The van der Waals surface area contributed by atoms with Crippen molar-refractivity contribution in [2.75, 3.05) is 5.32 Å². The van der Waals surface area contributed by atoms with Gasteiger partial charge in [-0.05, 0) is 55.0 Å². The number of benzene rings is 2. The molecule has 6 nitrogen and oxygen atoms in total. The Morgan fingerprint density at radius 2 is 1.79 bits per heavy atom. The van der Waals surface area contributed by atoms with Crippen molar-refractivity contribution < 1.29 is 22.7 Å². The lowest BCUT2D eigenvalue weighted by atomic mass is 10.2. The zero-order chi connectivity index (χ0) is 23.5. The molecule has 4 aromatic rings. The van der Waals surface area contributed by atoms with E-state index in [1.807, 2.05) is 6.92 Å². The maximum Gasteiger partial charge on any atom is 0.292 e. The number of aromatic nitrogens is 2. The van der Waals surface area contributed by atoms with Crippen LogP contribution >= 0.6 is 23.2 Å². The molecule has 0 atom stereocenters. The third kappa shape index (κ3) is 5.53. The second-order valence-corrected chi connectivity index (χ2v) is 7.96. The average molecular weight is 492 g/mol. The highest BCUT2D eigenvalue weighted by Crippen LogP contribution is 2.26. The van der Waals surface area contributed by atoms with Crippen molar-refractivity contribution in [1.29, 1.82) is 0 Å². The zero-order valence-electron chi connectivity index (χ0n) is 17.2. The quantitative estimate of drug-likeness (QED) is 0.331. The number of carbonyl (C=O) groups is 1. The van der Waals surface area contributed by atoms with Crippen molar-refractivity contribution in [1.82, 2.24) is 9.78 Å². The van der Waals surface area contributed by atoms with E-state index in [-0.39, 0.29) is 17.4 Å². The molecule has 2 aromatic heterocycles. The van der Waals surface area contributed by atoms with E-state index in [0.717, 1.165) is 11.8 Å². The minimum atomic E-state index is -0.495. The molecule has 170 valence electrons. The van der Waals surface area contributed by atoms with Crippen molar-refractivity contribution in [3.8, 4) is 5.75 Å². The number of hydrogen-bond donors (Lipinski definition) is 1. The van der Waals surface area contributed by atoms with Crippen LogP contribution in [0.25, 0.3) is 0 Å². The number of carbonyl (C=O) groups excluding carboxylic acids is 1. The Kier molecular flexibility index (Phi) is 6.67. The van der Waals surface area contributed by atoms with Crippen molar-refractivity contribution in [2.24, 2.45) is 0 Å². The summed E-state index contributed by atoms with van der Waals surface area (Å²) in [5.41, 5.74) is 1.47. The second kappa shape index (κ2) is 9.64. The Balaban J connectivity index is 1.38. The predicted octanol–water partition coefficient (Wildman–Crippen LogP) is 6.25. The number of aryl methyl sites for hydroxylation is 1. The molecule has 0 aliphatic carbocycles. The van der Waals surface area contributed by atoms with Crippen LogP contribution < -0.4 is 10.1 Å². The highest BCUT2D eigenvalue weighted by molar-refractivity contribution is 6.32. The average Bonchev–Trinajstić information content (AvgIpc) is 3.36. The van der Waals surface area contributed by atoms with Crippen LogP contribution in [0.4, 0.5) is 14.6 Å². The van der Waals surface area contributed by atoms with Gasteiger partial charge < -0.3 is 14.5 Å². The first kappa shape index (κ1) is 22.8. The Morgan fingerprint density at radius 1 is 1.06 bits per heavy atom. The Hall–Kier alpha value is -3.36. The number of rotatable bonds is 7. The summed E-state index contributed by atoms with van der Waals surface area (Å²) in [6, 6.07) is 12.7. The molecule has 1 amide bonds. The number of anilines is 1. The monoisotopic (exact) mass is 491 g/mol. The number of hydrogen-bond acceptors (Lipinski definition) is 4. The number of nitrogens with zero attached hydrogens (tertiary/aromatic N) is 2. The van der Waals surface area contributed by atoms with Crippen LogP contribution in [0.1, 0.15) is 27.6 Å².